The van der Waals surface area contributed by atoms with Crippen molar-refractivity contribution in [1.29, 1.82) is 0 Å². The van der Waals surface area contributed by atoms with E-state index in [0.29, 0.717) is 0 Å². The Morgan fingerprint density at radius 1 is 1.13 bits per heavy atom. The van der Waals surface area contributed by atoms with Crippen LogP contribution in [0.4, 0.5) is 0 Å². The molecule has 2 aromatic rings. The van der Waals surface area contributed by atoms with Gasteiger partial charge in [0.15, 0.2) is 0 Å². The molecule has 1 atom stereocenters. The van der Waals surface area contributed by atoms with Crippen LogP contribution in [0.5, 0.6) is 0 Å². The number of aliphatic hydroxyl groups excluding tert-OH is 1. The van der Waals surface area contributed by atoms with Crippen molar-refractivity contribution in [2.45, 2.75) is 6.04 Å². The van der Waals surface area contributed by atoms with Gasteiger partial charge in [0.25, 0.3) is 0 Å². The Hall–Kier alpha value is -1.58. The van der Waals surface area contributed by atoms with Crippen LogP contribution in [0.2, 0.25) is 0 Å². The lowest BCUT2D eigenvalue weighted by Crippen LogP contribution is -2.14. The van der Waals surface area contributed by atoms with Gasteiger partial charge in [-0.15, -0.1) is 0 Å². The van der Waals surface area contributed by atoms with E-state index in [0.717, 1.165) is 11.3 Å². The summed E-state index contributed by atoms with van der Waals surface area (Å²) in [6, 6.07) is 11.5. The van der Waals surface area contributed by atoms with Crippen LogP contribution in [0.15, 0.2) is 48.8 Å². The smallest absolute Gasteiger partial charge is 0.0624 e. The Morgan fingerprint density at radius 2 is 1.73 bits per heavy atom. The standard InChI is InChI=1S/C12H14N2O/c13-12(9-15)10-3-5-11(6-4-10)14-7-1-2-8-14/h1-8,12,15H,9,13H2/t12-/m1/s1. The topological polar surface area (TPSA) is 51.2 Å². The minimum atomic E-state index is -0.288. The Labute approximate surface area is 88.8 Å². The third-order valence-corrected chi connectivity index (χ3v) is 2.42. The molecule has 1 aromatic carbocycles. The van der Waals surface area contributed by atoms with Crippen LogP contribution >= 0.6 is 0 Å². The van der Waals surface area contributed by atoms with Crippen molar-refractivity contribution >= 4 is 0 Å². The van der Waals surface area contributed by atoms with E-state index in [1.807, 2.05) is 53.4 Å². The molecule has 78 valence electrons. The van der Waals surface area contributed by atoms with E-state index in [9.17, 15) is 0 Å². The molecule has 1 heterocycles. The maximum atomic E-state index is 8.91. The molecule has 0 saturated heterocycles. The van der Waals surface area contributed by atoms with E-state index in [-0.39, 0.29) is 12.6 Å². The van der Waals surface area contributed by atoms with E-state index in [2.05, 4.69) is 0 Å². The largest absolute Gasteiger partial charge is 0.394 e. The maximum absolute atomic E-state index is 8.91. The van der Waals surface area contributed by atoms with Crippen molar-refractivity contribution in [2.24, 2.45) is 5.73 Å². The Kier molecular flexibility index (Phi) is 2.85. The molecule has 0 saturated carbocycles. The van der Waals surface area contributed by atoms with E-state index in [4.69, 9.17) is 10.8 Å². The number of rotatable bonds is 3. The molecular formula is C12H14N2O. The third kappa shape index (κ3) is 2.09. The molecular weight excluding hydrogens is 188 g/mol. The van der Waals surface area contributed by atoms with Crippen molar-refractivity contribution < 1.29 is 5.11 Å². The van der Waals surface area contributed by atoms with Crippen LogP contribution in [0.3, 0.4) is 0 Å². The molecule has 0 spiro atoms. The number of hydrogen-bond donors (Lipinski definition) is 2. The lowest BCUT2D eigenvalue weighted by atomic mass is 10.1. The molecule has 0 aliphatic rings. The zero-order chi connectivity index (χ0) is 10.7. The molecule has 15 heavy (non-hydrogen) atoms. The van der Waals surface area contributed by atoms with Gasteiger partial charge in [0.1, 0.15) is 0 Å². The summed E-state index contributed by atoms with van der Waals surface area (Å²) < 4.78 is 2.02. The summed E-state index contributed by atoms with van der Waals surface area (Å²) in [5.74, 6) is 0. The van der Waals surface area contributed by atoms with Gasteiger partial charge < -0.3 is 15.4 Å². The van der Waals surface area contributed by atoms with E-state index in [1.165, 1.54) is 0 Å². The summed E-state index contributed by atoms with van der Waals surface area (Å²) in [7, 11) is 0. The predicted molar refractivity (Wildman–Crippen MR) is 59.8 cm³/mol. The van der Waals surface area contributed by atoms with Gasteiger partial charge in [-0.05, 0) is 29.8 Å². The molecule has 3 N–H and O–H groups in total. The second-order valence-corrected chi connectivity index (χ2v) is 3.47. The number of nitrogens with two attached hydrogens (primary N) is 1. The minimum absolute atomic E-state index is 0.0249. The van der Waals surface area contributed by atoms with E-state index >= 15 is 0 Å². The average Bonchev–Trinajstić information content (AvgIpc) is 2.82. The number of hydrogen-bond acceptors (Lipinski definition) is 2. The van der Waals surface area contributed by atoms with Crippen LogP contribution in [0.1, 0.15) is 11.6 Å². The van der Waals surface area contributed by atoms with Crippen LogP contribution in [-0.4, -0.2) is 16.3 Å². The van der Waals surface area contributed by atoms with Crippen molar-refractivity contribution in [1.82, 2.24) is 4.57 Å². The Bertz CT molecular complexity index is 406. The SMILES string of the molecule is N[C@H](CO)c1ccc(-n2cccc2)cc1. The summed E-state index contributed by atoms with van der Waals surface area (Å²) in [6.07, 6.45) is 3.97. The van der Waals surface area contributed by atoms with Gasteiger partial charge in [-0.2, -0.15) is 0 Å². The van der Waals surface area contributed by atoms with Gasteiger partial charge in [-0.3, -0.25) is 0 Å². The van der Waals surface area contributed by atoms with Gasteiger partial charge in [0.2, 0.25) is 0 Å². The molecule has 3 nitrogen and oxygen atoms in total. The fourth-order valence-electron chi connectivity index (χ4n) is 1.51. The van der Waals surface area contributed by atoms with Gasteiger partial charge in [0.05, 0.1) is 12.6 Å². The number of benzene rings is 1. The van der Waals surface area contributed by atoms with E-state index < -0.39 is 0 Å². The first-order chi connectivity index (χ1) is 7.31. The monoisotopic (exact) mass is 202 g/mol. The van der Waals surface area contributed by atoms with E-state index in [1.54, 1.807) is 0 Å². The van der Waals surface area contributed by atoms with Crippen molar-refractivity contribution in [3.8, 4) is 5.69 Å². The summed E-state index contributed by atoms with van der Waals surface area (Å²) in [5, 5.41) is 8.91. The zero-order valence-electron chi connectivity index (χ0n) is 8.38. The van der Waals surface area contributed by atoms with Crippen LogP contribution in [-0.2, 0) is 0 Å². The number of aliphatic hydroxyl groups is 1. The first-order valence-corrected chi connectivity index (χ1v) is 4.91. The second kappa shape index (κ2) is 4.29. The summed E-state index contributed by atoms with van der Waals surface area (Å²) >= 11 is 0. The first kappa shape index (κ1) is 9.96. The Balaban J connectivity index is 2.25. The highest BCUT2D eigenvalue weighted by molar-refractivity contribution is 5.36. The minimum Gasteiger partial charge on any atom is -0.394 e. The first-order valence-electron chi connectivity index (χ1n) is 4.91. The molecule has 0 amide bonds. The highest BCUT2D eigenvalue weighted by atomic mass is 16.3. The molecule has 2 rings (SSSR count). The highest BCUT2D eigenvalue weighted by Gasteiger charge is 2.03. The van der Waals surface area contributed by atoms with Crippen molar-refractivity contribution in [3.05, 3.63) is 54.4 Å². The summed E-state index contributed by atoms with van der Waals surface area (Å²) in [4.78, 5) is 0. The molecule has 3 heteroatoms. The molecule has 0 radical (unpaired) electrons. The van der Waals surface area contributed by atoms with Gasteiger partial charge in [-0.1, -0.05) is 12.1 Å². The molecule has 1 aromatic heterocycles. The number of aromatic nitrogens is 1. The lowest BCUT2D eigenvalue weighted by molar-refractivity contribution is 0.268. The Morgan fingerprint density at radius 3 is 2.27 bits per heavy atom. The lowest BCUT2D eigenvalue weighted by Gasteiger charge is -2.09. The molecule has 0 bridgehead atoms. The molecule has 0 aliphatic heterocycles. The van der Waals surface area contributed by atoms with Gasteiger partial charge in [-0.25, -0.2) is 0 Å². The van der Waals surface area contributed by atoms with Crippen LogP contribution in [0.25, 0.3) is 5.69 Å². The quantitative estimate of drug-likeness (QED) is 0.791. The average molecular weight is 202 g/mol. The van der Waals surface area contributed by atoms with Crippen molar-refractivity contribution in [2.75, 3.05) is 6.61 Å². The molecule has 0 fully saturated rings. The normalized spacial score (nSPS) is 12.7. The second-order valence-electron chi connectivity index (χ2n) is 3.47. The maximum Gasteiger partial charge on any atom is 0.0624 e. The predicted octanol–water partition coefficient (Wildman–Crippen LogP) is 1.47. The fraction of sp³-hybridized carbons (Fsp3) is 0.167. The fourth-order valence-corrected chi connectivity index (χ4v) is 1.51. The van der Waals surface area contributed by atoms with Crippen LogP contribution in [0, 0.1) is 0 Å². The van der Waals surface area contributed by atoms with Gasteiger partial charge >= 0.3 is 0 Å². The van der Waals surface area contributed by atoms with Crippen molar-refractivity contribution in [3.63, 3.8) is 0 Å². The molecule has 0 unspecified atom stereocenters. The summed E-state index contributed by atoms with van der Waals surface area (Å²) in [5.41, 5.74) is 7.75. The summed E-state index contributed by atoms with van der Waals surface area (Å²) in [6.45, 7) is -0.0249. The number of nitrogens with zero attached hydrogens (tertiary/aromatic N) is 1. The zero-order valence-corrected chi connectivity index (χ0v) is 8.38. The third-order valence-electron chi connectivity index (χ3n) is 2.42. The van der Waals surface area contributed by atoms with Crippen LogP contribution < -0.4 is 5.73 Å². The van der Waals surface area contributed by atoms with Gasteiger partial charge in [0, 0.05) is 18.1 Å². The molecule has 0 aliphatic carbocycles. The highest BCUT2D eigenvalue weighted by Crippen LogP contribution is 2.14.